The highest BCUT2D eigenvalue weighted by Gasteiger charge is 2.43. The van der Waals surface area contributed by atoms with E-state index in [1.54, 1.807) is 60.7 Å². The summed E-state index contributed by atoms with van der Waals surface area (Å²) in [6.45, 7) is 10.4. The molecular formula is C28H22O6. The molecule has 34 heavy (non-hydrogen) atoms. The standard InChI is InChI=1S/C28H22O6/c1-4-24(29)32-23-19-13-18-22(27(23)33-25(30)5-2)28(34-26(31)6-3,20-14-9-7-10-15-20)21-16-11-8-12-17-21/h4-19H,1-3H2. The molecule has 0 aliphatic heterocycles. The molecule has 0 aliphatic carbocycles. The Balaban J connectivity index is 2.45. The fourth-order valence-electron chi connectivity index (χ4n) is 3.46. The molecule has 0 amide bonds. The zero-order valence-corrected chi connectivity index (χ0v) is 18.3. The average molecular weight is 454 g/mol. The Morgan fingerprint density at radius 3 is 1.62 bits per heavy atom. The van der Waals surface area contributed by atoms with E-state index in [2.05, 4.69) is 19.7 Å². The minimum absolute atomic E-state index is 0.0662. The highest BCUT2D eigenvalue weighted by atomic mass is 16.6. The van der Waals surface area contributed by atoms with E-state index in [1.165, 1.54) is 6.07 Å². The molecule has 3 rings (SSSR count). The first-order valence-electron chi connectivity index (χ1n) is 10.2. The van der Waals surface area contributed by atoms with Gasteiger partial charge < -0.3 is 14.2 Å². The van der Waals surface area contributed by atoms with Crippen molar-refractivity contribution in [1.82, 2.24) is 0 Å². The van der Waals surface area contributed by atoms with E-state index in [0.717, 1.165) is 18.2 Å². The largest absolute Gasteiger partial charge is 0.441 e. The van der Waals surface area contributed by atoms with Gasteiger partial charge in [-0.2, -0.15) is 0 Å². The van der Waals surface area contributed by atoms with Crippen LogP contribution in [-0.4, -0.2) is 17.9 Å². The molecule has 0 radical (unpaired) electrons. The van der Waals surface area contributed by atoms with Crippen molar-refractivity contribution in [2.24, 2.45) is 0 Å². The maximum Gasteiger partial charge on any atom is 0.335 e. The summed E-state index contributed by atoms with van der Waals surface area (Å²) in [7, 11) is 0. The molecule has 6 nitrogen and oxygen atoms in total. The first kappa shape index (κ1) is 23.9. The molecule has 0 bridgehead atoms. The summed E-state index contributed by atoms with van der Waals surface area (Å²) in [5.74, 6) is -2.47. The van der Waals surface area contributed by atoms with E-state index in [4.69, 9.17) is 14.2 Å². The molecule has 0 aromatic heterocycles. The van der Waals surface area contributed by atoms with Gasteiger partial charge in [-0.3, -0.25) is 0 Å². The number of rotatable bonds is 9. The fraction of sp³-hybridized carbons (Fsp3) is 0.0357. The molecule has 6 heteroatoms. The van der Waals surface area contributed by atoms with Crippen molar-refractivity contribution in [3.05, 3.63) is 134 Å². The van der Waals surface area contributed by atoms with E-state index >= 15 is 0 Å². The normalized spacial score (nSPS) is 10.5. The minimum Gasteiger partial charge on any atom is -0.441 e. The first-order chi connectivity index (χ1) is 16.5. The van der Waals surface area contributed by atoms with Gasteiger partial charge in [0.1, 0.15) is 0 Å². The molecule has 0 saturated carbocycles. The van der Waals surface area contributed by atoms with Crippen LogP contribution in [0.15, 0.2) is 117 Å². The summed E-state index contributed by atoms with van der Waals surface area (Å²) >= 11 is 0. The Morgan fingerprint density at radius 2 is 1.12 bits per heavy atom. The maximum atomic E-state index is 12.7. The van der Waals surface area contributed by atoms with Gasteiger partial charge >= 0.3 is 17.9 Å². The zero-order valence-electron chi connectivity index (χ0n) is 18.3. The minimum atomic E-state index is -1.60. The lowest BCUT2D eigenvalue weighted by atomic mass is 9.79. The molecule has 0 aliphatic rings. The molecule has 0 N–H and O–H groups in total. The van der Waals surface area contributed by atoms with Crippen LogP contribution < -0.4 is 9.47 Å². The van der Waals surface area contributed by atoms with Crippen LogP contribution in [0.2, 0.25) is 0 Å². The molecule has 0 spiro atoms. The Bertz CT molecular complexity index is 1190. The molecule has 0 fully saturated rings. The number of carbonyl (C=O) groups is 3. The lowest BCUT2D eigenvalue weighted by Crippen LogP contribution is -2.35. The third-order valence-electron chi connectivity index (χ3n) is 4.89. The Morgan fingerprint density at radius 1 is 0.618 bits per heavy atom. The van der Waals surface area contributed by atoms with Crippen LogP contribution >= 0.6 is 0 Å². The van der Waals surface area contributed by atoms with Crippen LogP contribution in [0.4, 0.5) is 0 Å². The average Bonchev–Trinajstić information content (AvgIpc) is 2.89. The van der Waals surface area contributed by atoms with Crippen molar-refractivity contribution in [3.8, 4) is 11.5 Å². The molecule has 0 atom stereocenters. The van der Waals surface area contributed by atoms with Gasteiger partial charge in [-0.05, 0) is 6.07 Å². The van der Waals surface area contributed by atoms with Crippen LogP contribution in [0.5, 0.6) is 11.5 Å². The molecular weight excluding hydrogens is 432 g/mol. The van der Waals surface area contributed by atoms with Crippen LogP contribution in [0, 0.1) is 0 Å². The SMILES string of the molecule is C=CC(=O)Oc1cccc(C(OC(=O)C=C)(c2ccccc2)c2ccccc2)c1OC(=O)C=C. The van der Waals surface area contributed by atoms with Crippen molar-refractivity contribution in [2.75, 3.05) is 0 Å². The highest BCUT2D eigenvalue weighted by molar-refractivity contribution is 5.87. The van der Waals surface area contributed by atoms with Crippen molar-refractivity contribution in [2.45, 2.75) is 5.60 Å². The second kappa shape index (κ2) is 10.7. The van der Waals surface area contributed by atoms with Gasteiger partial charge in [0.25, 0.3) is 0 Å². The van der Waals surface area contributed by atoms with Crippen molar-refractivity contribution < 1.29 is 28.6 Å². The van der Waals surface area contributed by atoms with Gasteiger partial charge in [0.2, 0.25) is 0 Å². The number of para-hydroxylation sites is 1. The van der Waals surface area contributed by atoms with Gasteiger partial charge in [0, 0.05) is 29.4 Å². The number of hydrogen-bond donors (Lipinski definition) is 0. The monoisotopic (exact) mass is 454 g/mol. The van der Waals surface area contributed by atoms with E-state index in [9.17, 15) is 14.4 Å². The molecule has 0 heterocycles. The maximum absolute atomic E-state index is 12.7. The number of carbonyl (C=O) groups excluding carboxylic acids is 3. The van der Waals surface area contributed by atoms with Gasteiger partial charge in [0.05, 0.1) is 5.56 Å². The number of hydrogen-bond acceptors (Lipinski definition) is 6. The van der Waals surface area contributed by atoms with Crippen molar-refractivity contribution >= 4 is 17.9 Å². The van der Waals surface area contributed by atoms with E-state index < -0.39 is 23.5 Å². The van der Waals surface area contributed by atoms with Crippen LogP contribution in [0.1, 0.15) is 16.7 Å². The van der Waals surface area contributed by atoms with Gasteiger partial charge in [-0.1, -0.05) is 92.5 Å². The van der Waals surface area contributed by atoms with Gasteiger partial charge in [-0.15, -0.1) is 0 Å². The van der Waals surface area contributed by atoms with Crippen LogP contribution in [0.3, 0.4) is 0 Å². The summed E-state index contributed by atoms with van der Waals surface area (Å²) in [4.78, 5) is 37.0. The Kier molecular flexibility index (Phi) is 7.56. The molecule has 0 unspecified atom stereocenters. The molecule has 3 aromatic rings. The Labute approximate surface area is 197 Å². The quantitative estimate of drug-likeness (QED) is 0.198. The summed E-state index contributed by atoms with van der Waals surface area (Å²) < 4.78 is 17.0. The van der Waals surface area contributed by atoms with Crippen LogP contribution in [-0.2, 0) is 24.7 Å². The highest BCUT2D eigenvalue weighted by Crippen LogP contribution is 2.47. The third kappa shape index (κ3) is 4.86. The first-order valence-corrected chi connectivity index (χ1v) is 10.2. The number of benzene rings is 3. The predicted octanol–water partition coefficient (Wildman–Crippen LogP) is 4.89. The predicted molar refractivity (Wildman–Crippen MR) is 127 cm³/mol. The van der Waals surface area contributed by atoms with E-state index in [-0.39, 0.29) is 17.1 Å². The third-order valence-corrected chi connectivity index (χ3v) is 4.89. The van der Waals surface area contributed by atoms with Crippen molar-refractivity contribution in [3.63, 3.8) is 0 Å². The number of esters is 3. The van der Waals surface area contributed by atoms with Crippen molar-refractivity contribution in [1.29, 1.82) is 0 Å². The second-order valence-electron chi connectivity index (χ2n) is 6.92. The van der Waals surface area contributed by atoms with Gasteiger partial charge in [0.15, 0.2) is 17.1 Å². The zero-order chi connectivity index (χ0) is 24.6. The fourth-order valence-corrected chi connectivity index (χ4v) is 3.46. The lowest BCUT2D eigenvalue weighted by molar-refractivity contribution is -0.147. The molecule has 170 valence electrons. The lowest BCUT2D eigenvalue weighted by Gasteiger charge is -2.36. The Hall–Kier alpha value is -4.71. The number of ether oxygens (including phenoxy) is 3. The van der Waals surface area contributed by atoms with E-state index in [1.807, 2.05) is 12.1 Å². The smallest absolute Gasteiger partial charge is 0.335 e. The van der Waals surface area contributed by atoms with Gasteiger partial charge in [-0.25, -0.2) is 14.4 Å². The molecule has 0 saturated heterocycles. The van der Waals surface area contributed by atoms with E-state index in [0.29, 0.717) is 11.1 Å². The summed E-state index contributed by atoms with van der Waals surface area (Å²) in [6.07, 6.45) is 2.99. The summed E-state index contributed by atoms with van der Waals surface area (Å²) in [6, 6.07) is 22.5. The summed E-state index contributed by atoms with van der Waals surface area (Å²) in [5.41, 5.74) is -0.245. The molecule has 3 aromatic carbocycles. The second-order valence-corrected chi connectivity index (χ2v) is 6.92. The van der Waals surface area contributed by atoms with Crippen LogP contribution in [0.25, 0.3) is 0 Å². The summed E-state index contributed by atoms with van der Waals surface area (Å²) in [5, 5.41) is 0. The topological polar surface area (TPSA) is 78.9 Å².